The number of esters is 1. The first kappa shape index (κ1) is 26.4. The van der Waals surface area contributed by atoms with Gasteiger partial charge in [0.15, 0.2) is 0 Å². The van der Waals surface area contributed by atoms with E-state index in [0.29, 0.717) is 22.6 Å². The summed E-state index contributed by atoms with van der Waals surface area (Å²) in [6.45, 7) is 0. The number of benzene rings is 4. The van der Waals surface area contributed by atoms with Crippen LogP contribution in [0.25, 0.3) is 16.3 Å². The third-order valence-electron chi connectivity index (χ3n) is 8.61. The number of methoxy groups -OCH3 is 2. The number of nitro groups is 1. The quantitative estimate of drug-likeness (QED) is 0.103. The fraction of sp³-hybridized carbons (Fsp3) is 0.182. The lowest BCUT2D eigenvalue weighted by molar-refractivity contribution is -0.384. The molecule has 4 aromatic rings. The molecule has 4 aromatic carbocycles. The number of amides is 2. The molecule has 10 heteroatoms. The minimum absolute atomic E-state index is 0.180. The Hall–Kier alpha value is -5.51. The van der Waals surface area contributed by atoms with Gasteiger partial charge in [0.1, 0.15) is 22.9 Å². The molecule has 4 atom stereocenters. The van der Waals surface area contributed by atoms with Gasteiger partial charge in [0.2, 0.25) is 11.8 Å². The zero-order valence-electron chi connectivity index (χ0n) is 23.1. The predicted octanol–water partition coefficient (Wildman–Crippen LogP) is 5.29. The highest BCUT2D eigenvalue weighted by Gasteiger charge is 2.61. The summed E-state index contributed by atoms with van der Waals surface area (Å²) in [5, 5.41) is 13.7. The maximum Gasteiger partial charge on any atom is 0.319 e. The summed E-state index contributed by atoms with van der Waals surface area (Å²) in [5.74, 6) is -4.61. The number of hydrogen-bond donors (Lipinski definition) is 0. The van der Waals surface area contributed by atoms with Crippen LogP contribution in [0.1, 0.15) is 17.0 Å². The minimum atomic E-state index is -1.14. The zero-order chi connectivity index (χ0) is 30.0. The van der Waals surface area contributed by atoms with Crippen molar-refractivity contribution in [3.8, 4) is 17.2 Å². The number of fused-ring (bicyclic) bond motifs is 7. The molecular weight excluding hydrogens is 552 g/mol. The molecule has 0 radical (unpaired) electrons. The van der Waals surface area contributed by atoms with Gasteiger partial charge >= 0.3 is 5.97 Å². The topological polar surface area (TPSA) is 125 Å². The third kappa shape index (κ3) is 3.90. The maximum atomic E-state index is 14.3. The monoisotopic (exact) mass is 576 g/mol. The van der Waals surface area contributed by atoms with Crippen molar-refractivity contribution < 1.29 is 33.5 Å². The maximum absolute atomic E-state index is 14.3. The molecule has 0 N–H and O–H groups in total. The number of rotatable bonds is 5. The number of ether oxygens (including phenoxy) is 3. The van der Waals surface area contributed by atoms with Crippen molar-refractivity contribution in [2.75, 3.05) is 19.1 Å². The van der Waals surface area contributed by atoms with E-state index in [1.165, 1.54) is 25.3 Å². The van der Waals surface area contributed by atoms with Gasteiger partial charge in [-0.15, -0.1) is 0 Å². The van der Waals surface area contributed by atoms with Gasteiger partial charge in [-0.2, -0.15) is 0 Å². The van der Waals surface area contributed by atoms with Gasteiger partial charge < -0.3 is 14.2 Å². The molecule has 7 rings (SSSR count). The van der Waals surface area contributed by atoms with E-state index >= 15 is 0 Å². The second-order valence-corrected chi connectivity index (χ2v) is 10.7. The molecule has 10 nitrogen and oxygen atoms in total. The minimum Gasteiger partial charge on any atom is -0.497 e. The van der Waals surface area contributed by atoms with Crippen LogP contribution in [-0.4, -0.2) is 36.9 Å². The second-order valence-electron chi connectivity index (χ2n) is 10.7. The Balaban J connectivity index is 1.43. The summed E-state index contributed by atoms with van der Waals surface area (Å²) >= 11 is 0. The van der Waals surface area contributed by atoms with Crippen molar-refractivity contribution in [3.63, 3.8) is 0 Å². The molecule has 2 amide bonds. The average Bonchev–Trinajstić information content (AvgIpc) is 3.29. The number of carbonyl (C=O) groups is 3. The molecule has 214 valence electrons. The number of nitro benzene ring substituents is 1. The number of allylic oxidation sites excluding steroid dienone is 1. The highest BCUT2D eigenvalue weighted by Crippen LogP contribution is 2.56. The smallest absolute Gasteiger partial charge is 0.319 e. The molecule has 2 heterocycles. The second kappa shape index (κ2) is 9.80. The van der Waals surface area contributed by atoms with Gasteiger partial charge in [0.05, 0.1) is 43.0 Å². The molecule has 0 bridgehead atoms. The fourth-order valence-corrected chi connectivity index (χ4v) is 6.64. The molecule has 0 spiro atoms. The highest BCUT2D eigenvalue weighted by molar-refractivity contribution is 6.25. The Labute approximate surface area is 245 Å². The van der Waals surface area contributed by atoms with E-state index in [-0.39, 0.29) is 11.4 Å². The number of imide groups is 1. The lowest BCUT2D eigenvalue weighted by Crippen LogP contribution is -2.42. The Morgan fingerprint density at radius 1 is 0.837 bits per heavy atom. The number of carbonyl (C=O) groups excluding carboxylic acids is 3. The first-order chi connectivity index (χ1) is 20.8. The zero-order valence-corrected chi connectivity index (χ0v) is 23.1. The standard InChI is InChI=1S/C33H24N2O8/c1-41-19-10-7-18(8-11-19)23-16-24-22-13-9-17-5-3-4-6-21(17)30(22)43-33(38)28(24)29-27(23)31(36)34(32(29)37)25-14-12-20(42-2)15-26(25)35(39)40/h3-16,23,27-29H,1-2H3/t23-,27+,28-,29-/m0/s1. The molecule has 1 saturated heterocycles. The molecular formula is C33H24N2O8. The van der Waals surface area contributed by atoms with E-state index in [9.17, 15) is 24.5 Å². The van der Waals surface area contributed by atoms with Gasteiger partial charge in [-0.3, -0.25) is 24.5 Å². The van der Waals surface area contributed by atoms with Crippen LogP contribution >= 0.6 is 0 Å². The molecule has 0 saturated carbocycles. The van der Waals surface area contributed by atoms with Crippen LogP contribution in [0.15, 0.2) is 84.9 Å². The summed E-state index contributed by atoms with van der Waals surface area (Å²) in [5.41, 5.74) is 1.34. The molecule has 0 unspecified atom stereocenters. The Kier molecular flexibility index (Phi) is 6.01. The first-order valence-electron chi connectivity index (χ1n) is 13.6. The van der Waals surface area contributed by atoms with E-state index in [1.807, 2.05) is 54.6 Å². The molecule has 1 aliphatic carbocycles. The largest absolute Gasteiger partial charge is 0.497 e. The van der Waals surface area contributed by atoms with Gasteiger partial charge in [0, 0.05) is 16.9 Å². The van der Waals surface area contributed by atoms with Gasteiger partial charge in [-0.1, -0.05) is 54.6 Å². The summed E-state index contributed by atoms with van der Waals surface area (Å²) < 4.78 is 16.4. The first-order valence-corrected chi connectivity index (χ1v) is 13.6. The average molecular weight is 577 g/mol. The number of nitrogens with zero attached hydrogens (tertiary/aromatic N) is 2. The van der Waals surface area contributed by atoms with Crippen LogP contribution in [0, 0.1) is 27.9 Å². The SMILES string of the molecule is COc1ccc([C@@H]2C=C3c4ccc5ccccc5c4OC(=O)[C@@H]3[C@H]3C(=O)N(c4ccc(OC)cc4[N+](=O)[O-])C(=O)[C@@H]32)cc1. The molecule has 2 aliphatic heterocycles. The lowest BCUT2D eigenvalue weighted by Gasteiger charge is -2.38. The number of anilines is 1. The molecule has 0 aromatic heterocycles. The van der Waals surface area contributed by atoms with Crippen LogP contribution < -0.4 is 19.1 Å². The van der Waals surface area contributed by atoms with Gasteiger partial charge in [-0.05, 0) is 40.8 Å². The summed E-state index contributed by atoms with van der Waals surface area (Å²) in [4.78, 5) is 54.5. The van der Waals surface area contributed by atoms with Crippen molar-refractivity contribution in [1.29, 1.82) is 0 Å². The van der Waals surface area contributed by atoms with E-state index in [1.54, 1.807) is 19.2 Å². The van der Waals surface area contributed by atoms with Gasteiger partial charge in [0.25, 0.3) is 5.69 Å². The van der Waals surface area contributed by atoms with Crippen molar-refractivity contribution in [2.24, 2.45) is 17.8 Å². The Bertz CT molecular complexity index is 1900. The number of hydrogen-bond acceptors (Lipinski definition) is 8. The van der Waals surface area contributed by atoms with E-state index < -0.39 is 52.1 Å². The van der Waals surface area contributed by atoms with Crippen molar-refractivity contribution in [3.05, 3.63) is 106 Å². The summed E-state index contributed by atoms with van der Waals surface area (Å²) in [7, 11) is 2.91. The van der Waals surface area contributed by atoms with E-state index in [2.05, 4.69) is 0 Å². The van der Waals surface area contributed by atoms with Crippen LogP contribution in [0.4, 0.5) is 11.4 Å². The fourth-order valence-electron chi connectivity index (χ4n) is 6.64. The summed E-state index contributed by atoms with van der Waals surface area (Å²) in [6, 6.07) is 22.4. The molecule has 43 heavy (non-hydrogen) atoms. The van der Waals surface area contributed by atoms with Gasteiger partial charge in [-0.25, -0.2) is 4.90 Å². The molecule has 1 fully saturated rings. The summed E-state index contributed by atoms with van der Waals surface area (Å²) in [6.07, 6.45) is 1.87. The van der Waals surface area contributed by atoms with Crippen molar-refractivity contribution >= 4 is 45.5 Å². The Morgan fingerprint density at radius 3 is 2.26 bits per heavy atom. The molecule has 3 aliphatic rings. The predicted molar refractivity (Wildman–Crippen MR) is 156 cm³/mol. The van der Waals surface area contributed by atoms with Crippen LogP contribution in [0.2, 0.25) is 0 Å². The van der Waals surface area contributed by atoms with Crippen molar-refractivity contribution in [1.82, 2.24) is 0 Å². The lowest BCUT2D eigenvalue weighted by atomic mass is 9.64. The Morgan fingerprint density at radius 2 is 1.53 bits per heavy atom. The highest BCUT2D eigenvalue weighted by atomic mass is 16.6. The van der Waals surface area contributed by atoms with Crippen molar-refractivity contribution in [2.45, 2.75) is 5.92 Å². The van der Waals surface area contributed by atoms with E-state index in [4.69, 9.17) is 14.2 Å². The van der Waals surface area contributed by atoms with Crippen LogP contribution in [0.5, 0.6) is 17.2 Å². The van der Waals surface area contributed by atoms with Crippen LogP contribution in [-0.2, 0) is 14.4 Å². The normalized spacial score (nSPS) is 22.3. The van der Waals surface area contributed by atoms with E-state index in [0.717, 1.165) is 21.2 Å². The third-order valence-corrected chi connectivity index (χ3v) is 8.61. The van der Waals surface area contributed by atoms with Crippen LogP contribution in [0.3, 0.4) is 0 Å².